The van der Waals surface area contributed by atoms with Gasteiger partial charge < -0.3 is 5.32 Å². The Morgan fingerprint density at radius 2 is 1.62 bits per heavy atom. The van der Waals surface area contributed by atoms with Crippen LogP contribution in [0.5, 0.6) is 0 Å². The summed E-state index contributed by atoms with van der Waals surface area (Å²) in [5.74, 6) is -0.251. The van der Waals surface area contributed by atoms with E-state index in [0.717, 1.165) is 5.56 Å². The summed E-state index contributed by atoms with van der Waals surface area (Å²) in [5, 5.41) is 3.73. The van der Waals surface area contributed by atoms with Gasteiger partial charge in [-0.25, -0.2) is 0 Å². The van der Waals surface area contributed by atoms with Crippen LogP contribution in [0.15, 0.2) is 48.0 Å². The molecule has 2 aromatic rings. The van der Waals surface area contributed by atoms with Gasteiger partial charge in [0.25, 0.3) is 5.91 Å². The van der Waals surface area contributed by atoms with E-state index < -0.39 is 0 Å². The van der Waals surface area contributed by atoms with Crippen molar-refractivity contribution in [3.8, 4) is 0 Å². The van der Waals surface area contributed by atoms with Crippen molar-refractivity contribution in [3.63, 3.8) is 0 Å². The van der Waals surface area contributed by atoms with Crippen molar-refractivity contribution < 1.29 is 4.79 Å². The molecule has 21 heavy (non-hydrogen) atoms. The molecule has 1 amide bonds. The molecule has 0 aromatic heterocycles. The van der Waals surface area contributed by atoms with Gasteiger partial charge in [-0.15, -0.1) is 0 Å². The van der Waals surface area contributed by atoms with Crippen LogP contribution in [-0.4, -0.2) is 5.91 Å². The second-order valence-electron chi connectivity index (χ2n) is 4.44. The van der Waals surface area contributed by atoms with Gasteiger partial charge in [0.05, 0.1) is 20.8 Å². The van der Waals surface area contributed by atoms with Crippen molar-refractivity contribution >= 4 is 52.5 Å². The predicted molar refractivity (Wildman–Crippen MR) is 90.2 cm³/mol. The molecule has 0 fully saturated rings. The minimum Gasteiger partial charge on any atom is -0.321 e. The standard InChI is InChI=1S/C16H12Cl3NO/c1-10(7-11-5-3-2-4-6-11)16(21)20-15-9-13(18)12(17)8-14(15)19/h2-9H,1H3,(H,20,21). The molecule has 0 radical (unpaired) electrons. The van der Waals surface area contributed by atoms with Gasteiger partial charge in [-0.2, -0.15) is 0 Å². The summed E-state index contributed by atoms with van der Waals surface area (Å²) < 4.78 is 0. The van der Waals surface area contributed by atoms with E-state index in [1.807, 2.05) is 30.3 Å². The molecule has 2 aromatic carbocycles. The molecule has 5 heteroatoms. The van der Waals surface area contributed by atoms with Crippen LogP contribution in [0.4, 0.5) is 5.69 Å². The predicted octanol–water partition coefficient (Wildman–Crippen LogP) is 5.69. The average molecular weight is 341 g/mol. The second-order valence-corrected chi connectivity index (χ2v) is 5.66. The highest BCUT2D eigenvalue weighted by atomic mass is 35.5. The second kappa shape index (κ2) is 6.99. The van der Waals surface area contributed by atoms with E-state index in [1.165, 1.54) is 12.1 Å². The molecule has 2 rings (SSSR count). The minimum atomic E-state index is -0.251. The Balaban J connectivity index is 2.18. The Morgan fingerprint density at radius 3 is 2.29 bits per heavy atom. The Morgan fingerprint density at radius 1 is 1.00 bits per heavy atom. The van der Waals surface area contributed by atoms with Crippen LogP contribution in [-0.2, 0) is 4.79 Å². The maximum atomic E-state index is 12.2. The summed E-state index contributed by atoms with van der Waals surface area (Å²) in [4.78, 5) is 12.2. The van der Waals surface area contributed by atoms with Crippen LogP contribution in [0.25, 0.3) is 6.08 Å². The third-order valence-corrected chi connectivity index (χ3v) is 3.83. The first-order valence-electron chi connectivity index (χ1n) is 6.16. The maximum Gasteiger partial charge on any atom is 0.251 e. The lowest BCUT2D eigenvalue weighted by atomic mass is 10.1. The summed E-state index contributed by atoms with van der Waals surface area (Å²) in [6.45, 7) is 1.73. The fourth-order valence-electron chi connectivity index (χ4n) is 1.70. The molecule has 0 aliphatic heterocycles. The van der Waals surface area contributed by atoms with Crippen molar-refractivity contribution in [1.82, 2.24) is 0 Å². The van der Waals surface area contributed by atoms with E-state index in [-0.39, 0.29) is 5.91 Å². The SMILES string of the molecule is CC(=Cc1ccccc1)C(=O)Nc1cc(Cl)c(Cl)cc1Cl. The van der Waals surface area contributed by atoms with Crippen molar-refractivity contribution in [3.05, 3.63) is 68.7 Å². The Labute approximate surface area is 138 Å². The molecule has 0 aliphatic rings. The van der Waals surface area contributed by atoms with E-state index in [4.69, 9.17) is 34.8 Å². The molecule has 0 saturated carbocycles. The number of hydrogen-bond acceptors (Lipinski definition) is 1. The van der Waals surface area contributed by atoms with Gasteiger partial charge in [-0.1, -0.05) is 65.1 Å². The zero-order chi connectivity index (χ0) is 15.4. The first-order valence-corrected chi connectivity index (χ1v) is 7.30. The summed E-state index contributed by atoms with van der Waals surface area (Å²) >= 11 is 17.8. The van der Waals surface area contributed by atoms with Crippen molar-refractivity contribution in [2.45, 2.75) is 6.92 Å². The molecular formula is C16H12Cl3NO. The van der Waals surface area contributed by atoms with Gasteiger partial charge in [0.1, 0.15) is 0 Å². The number of carbonyl (C=O) groups excluding carboxylic acids is 1. The fraction of sp³-hybridized carbons (Fsp3) is 0.0625. The van der Waals surface area contributed by atoms with E-state index in [1.54, 1.807) is 13.0 Å². The lowest BCUT2D eigenvalue weighted by molar-refractivity contribution is -0.112. The molecule has 0 bridgehead atoms. The van der Waals surface area contributed by atoms with Gasteiger partial charge in [-0.3, -0.25) is 4.79 Å². The zero-order valence-electron chi connectivity index (χ0n) is 11.2. The van der Waals surface area contributed by atoms with Crippen LogP contribution in [0, 0.1) is 0 Å². The average Bonchev–Trinajstić information content (AvgIpc) is 2.45. The Kier molecular flexibility index (Phi) is 5.29. The first kappa shape index (κ1) is 15.9. The smallest absolute Gasteiger partial charge is 0.251 e. The van der Waals surface area contributed by atoms with Gasteiger partial charge >= 0.3 is 0 Å². The monoisotopic (exact) mass is 339 g/mol. The van der Waals surface area contributed by atoms with Crippen molar-refractivity contribution in [1.29, 1.82) is 0 Å². The van der Waals surface area contributed by atoms with Gasteiger partial charge in [-0.05, 0) is 30.7 Å². The normalized spacial score (nSPS) is 11.3. The highest BCUT2D eigenvalue weighted by Crippen LogP contribution is 2.32. The largest absolute Gasteiger partial charge is 0.321 e. The number of halogens is 3. The van der Waals surface area contributed by atoms with Crippen LogP contribution >= 0.6 is 34.8 Å². The molecule has 0 aliphatic carbocycles. The van der Waals surface area contributed by atoms with E-state index in [2.05, 4.69) is 5.32 Å². The maximum absolute atomic E-state index is 12.2. The number of carbonyl (C=O) groups is 1. The van der Waals surface area contributed by atoms with Crippen molar-refractivity contribution in [2.75, 3.05) is 5.32 Å². The van der Waals surface area contributed by atoms with Gasteiger partial charge in [0, 0.05) is 5.57 Å². The summed E-state index contributed by atoms with van der Waals surface area (Å²) in [7, 11) is 0. The quantitative estimate of drug-likeness (QED) is 0.564. The van der Waals surface area contributed by atoms with Crippen LogP contribution < -0.4 is 5.32 Å². The molecule has 108 valence electrons. The van der Waals surface area contributed by atoms with Gasteiger partial charge in [0.2, 0.25) is 0 Å². The molecule has 0 saturated heterocycles. The number of amides is 1. The topological polar surface area (TPSA) is 29.1 Å². The number of hydrogen-bond donors (Lipinski definition) is 1. The summed E-state index contributed by atoms with van der Waals surface area (Å²) in [5.41, 5.74) is 1.94. The van der Waals surface area contributed by atoms with E-state index in [9.17, 15) is 4.79 Å². The minimum absolute atomic E-state index is 0.251. The molecule has 0 atom stereocenters. The lowest BCUT2D eigenvalue weighted by Crippen LogP contribution is -2.12. The van der Waals surface area contributed by atoms with E-state index >= 15 is 0 Å². The van der Waals surface area contributed by atoms with Crippen LogP contribution in [0.1, 0.15) is 12.5 Å². The number of nitrogens with one attached hydrogen (secondary N) is 1. The summed E-state index contributed by atoms with van der Waals surface area (Å²) in [6, 6.07) is 12.6. The molecule has 1 N–H and O–H groups in total. The third kappa shape index (κ3) is 4.24. The molecule has 2 nitrogen and oxygen atoms in total. The van der Waals surface area contributed by atoms with Gasteiger partial charge in [0.15, 0.2) is 0 Å². The van der Waals surface area contributed by atoms with Crippen LogP contribution in [0.2, 0.25) is 15.1 Å². The fourth-order valence-corrected chi connectivity index (χ4v) is 2.30. The van der Waals surface area contributed by atoms with Crippen LogP contribution in [0.3, 0.4) is 0 Å². The Bertz CT molecular complexity index is 696. The van der Waals surface area contributed by atoms with E-state index in [0.29, 0.717) is 26.3 Å². The lowest BCUT2D eigenvalue weighted by Gasteiger charge is -2.09. The number of anilines is 1. The number of benzene rings is 2. The molecule has 0 heterocycles. The zero-order valence-corrected chi connectivity index (χ0v) is 13.4. The highest BCUT2D eigenvalue weighted by Gasteiger charge is 2.10. The number of rotatable bonds is 3. The molecular weight excluding hydrogens is 329 g/mol. The Hall–Kier alpha value is -1.48. The first-order chi connectivity index (χ1) is 9.97. The van der Waals surface area contributed by atoms with Crippen molar-refractivity contribution in [2.24, 2.45) is 0 Å². The summed E-state index contributed by atoms with van der Waals surface area (Å²) in [6.07, 6.45) is 1.79. The molecule has 0 spiro atoms. The third-order valence-electron chi connectivity index (χ3n) is 2.80. The molecule has 0 unspecified atom stereocenters. The highest BCUT2D eigenvalue weighted by molar-refractivity contribution is 6.44.